The number of halogens is 2. The van der Waals surface area contributed by atoms with Gasteiger partial charge in [-0.3, -0.25) is 0 Å². The van der Waals surface area contributed by atoms with Crippen molar-refractivity contribution in [3.8, 4) is 0 Å². The lowest BCUT2D eigenvalue weighted by Crippen LogP contribution is -2.37. The van der Waals surface area contributed by atoms with Crippen molar-refractivity contribution in [1.82, 2.24) is 4.72 Å². The fourth-order valence-corrected chi connectivity index (χ4v) is 4.99. The Hall–Kier alpha value is 0.0600. The molecule has 1 unspecified atom stereocenters. The summed E-state index contributed by atoms with van der Waals surface area (Å²) < 4.78 is 26.3. The molecule has 0 fully saturated rings. The number of sulfonamides is 1. The highest BCUT2D eigenvalue weighted by molar-refractivity contribution is 8.02. The third kappa shape index (κ3) is 2.19. The third-order valence-corrected chi connectivity index (χ3v) is 6.06. The van der Waals surface area contributed by atoms with Crippen LogP contribution in [-0.4, -0.2) is 19.7 Å². The first kappa shape index (κ1) is 12.5. The number of fused-ring (bicyclic) bond motifs is 1. The topological polar surface area (TPSA) is 46.2 Å². The highest BCUT2D eigenvalue weighted by Gasteiger charge is 2.30. The van der Waals surface area contributed by atoms with Crippen molar-refractivity contribution in [3.05, 3.63) is 22.7 Å². The zero-order valence-corrected chi connectivity index (χ0v) is 11.5. The van der Waals surface area contributed by atoms with E-state index in [9.17, 15) is 8.42 Å². The van der Waals surface area contributed by atoms with Crippen LogP contribution in [0.1, 0.15) is 5.56 Å². The molecule has 88 valence electrons. The summed E-state index contributed by atoms with van der Waals surface area (Å²) in [5.74, 6) is 0.217. The van der Waals surface area contributed by atoms with Crippen molar-refractivity contribution in [2.45, 2.75) is 22.1 Å². The average molecular weight is 298 g/mol. The molecule has 0 aliphatic carbocycles. The first-order chi connectivity index (χ1) is 7.44. The fraction of sp³-hybridized carbons (Fsp3) is 0.333. The molecule has 0 amide bonds. The van der Waals surface area contributed by atoms with Gasteiger partial charge in [-0.2, -0.15) is 4.72 Å². The molecule has 0 radical (unpaired) electrons. The molecule has 16 heavy (non-hydrogen) atoms. The van der Waals surface area contributed by atoms with E-state index in [4.69, 9.17) is 23.2 Å². The van der Waals surface area contributed by atoms with Crippen LogP contribution in [0, 0.1) is 6.92 Å². The normalized spacial score (nSPS) is 22.8. The summed E-state index contributed by atoms with van der Waals surface area (Å²) in [6.45, 7) is 1.77. The van der Waals surface area contributed by atoms with Crippen LogP contribution in [0.2, 0.25) is 5.02 Å². The Labute approximate surface area is 109 Å². The van der Waals surface area contributed by atoms with Gasteiger partial charge in [-0.15, -0.1) is 23.4 Å². The van der Waals surface area contributed by atoms with E-state index in [0.29, 0.717) is 9.92 Å². The van der Waals surface area contributed by atoms with E-state index in [1.165, 1.54) is 11.8 Å². The first-order valence-corrected chi connectivity index (χ1v) is 7.76. The maximum atomic E-state index is 11.9. The molecule has 1 aromatic rings. The lowest BCUT2D eigenvalue weighted by atomic mass is 10.2. The van der Waals surface area contributed by atoms with Gasteiger partial charge in [0.15, 0.2) is 0 Å². The van der Waals surface area contributed by atoms with E-state index in [1.807, 2.05) is 0 Å². The van der Waals surface area contributed by atoms with E-state index in [1.54, 1.807) is 19.1 Å². The second-order valence-corrected chi connectivity index (χ2v) is 7.07. The Morgan fingerprint density at radius 3 is 2.81 bits per heavy atom. The van der Waals surface area contributed by atoms with Gasteiger partial charge in [-0.1, -0.05) is 11.6 Å². The van der Waals surface area contributed by atoms with Crippen LogP contribution in [-0.2, 0) is 10.0 Å². The molecule has 1 atom stereocenters. The molecule has 1 heterocycles. The molecular formula is C9H9Cl2NO2S2. The molecule has 0 aromatic heterocycles. The predicted molar refractivity (Wildman–Crippen MR) is 66.9 cm³/mol. The Morgan fingerprint density at radius 2 is 2.19 bits per heavy atom. The molecule has 0 saturated carbocycles. The van der Waals surface area contributed by atoms with Gasteiger partial charge >= 0.3 is 0 Å². The van der Waals surface area contributed by atoms with Gasteiger partial charge in [0.25, 0.3) is 0 Å². The van der Waals surface area contributed by atoms with Crippen molar-refractivity contribution in [2.75, 3.05) is 5.88 Å². The van der Waals surface area contributed by atoms with E-state index in [-0.39, 0.29) is 16.1 Å². The highest BCUT2D eigenvalue weighted by atomic mass is 35.5. The van der Waals surface area contributed by atoms with Gasteiger partial charge in [0.1, 0.15) is 0 Å². The summed E-state index contributed by atoms with van der Waals surface area (Å²) in [6.07, 6.45) is 0. The minimum atomic E-state index is -3.46. The standard InChI is InChI=1S/C9H9Cl2NO2S2/c1-5-2-8-7(3-6(5)11)15-9(4-10)12-16(8,13)14/h2-3,9,12H,4H2,1H3. The van der Waals surface area contributed by atoms with Crippen LogP contribution in [0.4, 0.5) is 0 Å². The van der Waals surface area contributed by atoms with Crippen LogP contribution in [0.15, 0.2) is 21.9 Å². The van der Waals surface area contributed by atoms with Crippen LogP contribution >= 0.6 is 35.0 Å². The summed E-state index contributed by atoms with van der Waals surface area (Å²) in [6, 6.07) is 3.26. The van der Waals surface area contributed by atoms with Gasteiger partial charge in [-0.25, -0.2) is 8.42 Å². The molecule has 1 N–H and O–H groups in total. The van der Waals surface area contributed by atoms with E-state index >= 15 is 0 Å². The molecule has 0 spiro atoms. The van der Waals surface area contributed by atoms with Gasteiger partial charge in [0.05, 0.1) is 10.3 Å². The highest BCUT2D eigenvalue weighted by Crippen LogP contribution is 2.37. The second-order valence-electron chi connectivity index (χ2n) is 3.43. The molecule has 1 aliphatic rings. The Morgan fingerprint density at radius 1 is 1.50 bits per heavy atom. The maximum absolute atomic E-state index is 11.9. The number of aryl methyl sites for hydroxylation is 1. The van der Waals surface area contributed by atoms with E-state index in [2.05, 4.69) is 4.72 Å². The van der Waals surface area contributed by atoms with E-state index in [0.717, 1.165) is 5.56 Å². The minimum absolute atomic E-state index is 0.217. The number of rotatable bonds is 1. The van der Waals surface area contributed by atoms with Gasteiger partial charge < -0.3 is 0 Å². The number of nitrogens with one attached hydrogen (secondary N) is 1. The SMILES string of the molecule is Cc1cc2c(cc1Cl)SC(CCl)NS2(=O)=O. The molecule has 0 saturated heterocycles. The van der Waals surface area contributed by atoms with Crippen molar-refractivity contribution in [3.63, 3.8) is 0 Å². The molecule has 1 aromatic carbocycles. The summed E-state index contributed by atoms with van der Waals surface area (Å²) in [5, 5.41) is 0.231. The van der Waals surface area contributed by atoms with Gasteiger partial charge in [-0.05, 0) is 24.6 Å². The summed E-state index contributed by atoms with van der Waals surface area (Å²) >= 11 is 13.0. The maximum Gasteiger partial charge on any atom is 0.242 e. The molecule has 3 nitrogen and oxygen atoms in total. The summed E-state index contributed by atoms with van der Waals surface area (Å²) in [4.78, 5) is 0.931. The molecular weight excluding hydrogens is 289 g/mol. The number of alkyl halides is 1. The fourth-order valence-electron chi connectivity index (χ4n) is 1.42. The summed E-state index contributed by atoms with van der Waals surface area (Å²) in [7, 11) is -3.46. The van der Waals surface area contributed by atoms with Crippen molar-refractivity contribution in [2.24, 2.45) is 0 Å². The monoisotopic (exact) mass is 297 g/mol. The number of hydrogen-bond donors (Lipinski definition) is 1. The van der Waals surface area contributed by atoms with Crippen LogP contribution in [0.5, 0.6) is 0 Å². The van der Waals surface area contributed by atoms with E-state index < -0.39 is 10.0 Å². The van der Waals surface area contributed by atoms with Crippen LogP contribution in [0.3, 0.4) is 0 Å². The lowest BCUT2D eigenvalue weighted by Gasteiger charge is -2.24. The number of benzene rings is 1. The van der Waals surface area contributed by atoms with Crippen LogP contribution in [0.25, 0.3) is 0 Å². The minimum Gasteiger partial charge on any atom is -0.207 e. The molecule has 1 aliphatic heterocycles. The second kappa shape index (κ2) is 4.38. The zero-order chi connectivity index (χ0) is 11.9. The predicted octanol–water partition coefficient (Wildman–Crippen LogP) is 2.60. The van der Waals surface area contributed by atoms with Crippen molar-refractivity contribution >= 4 is 45.0 Å². The largest absolute Gasteiger partial charge is 0.242 e. The molecule has 2 rings (SSSR count). The Kier molecular flexibility index (Phi) is 3.43. The van der Waals surface area contributed by atoms with Crippen LogP contribution < -0.4 is 4.72 Å². The first-order valence-electron chi connectivity index (χ1n) is 4.49. The quantitative estimate of drug-likeness (QED) is 0.811. The number of thioether (sulfide) groups is 1. The Bertz CT molecular complexity index is 531. The smallest absolute Gasteiger partial charge is 0.207 e. The average Bonchev–Trinajstić information content (AvgIpc) is 2.20. The van der Waals surface area contributed by atoms with Crippen molar-refractivity contribution < 1.29 is 8.42 Å². The lowest BCUT2D eigenvalue weighted by molar-refractivity contribution is 0.576. The summed E-state index contributed by atoms with van der Waals surface area (Å²) in [5.41, 5.74) is 0.746. The molecule has 7 heteroatoms. The van der Waals surface area contributed by atoms with Gasteiger partial charge in [0, 0.05) is 15.8 Å². The zero-order valence-electron chi connectivity index (χ0n) is 8.33. The number of hydrogen-bond acceptors (Lipinski definition) is 3. The Balaban J connectivity index is 2.60. The van der Waals surface area contributed by atoms with Crippen molar-refractivity contribution in [1.29, 1.82) is 0 Å². The van der Waals surface area contributed by atoms with Gasteiger partial charge in [0.2, 0.25) is 10.0 Å². The third-order valence-electron chi connectivity index (χ3n) is 2.21. The molecule has 0 bridgehead atoms.